The fourth-order valence-electron chi connectivity index (χ4n) is 1.33. The summed E-state index contributed by atoms with van der Waals surface area (Å²) in [5.41, 5.74) is 5.58. The zero-order chi connectivity index (χ0) is 12.4. The van der Waals surface area contributed by atoms with E-state index in [0.717, 1.165) is 10.6 Å². The average Bonchev–Trinajstić information content (AvgIpc) is 2.14. The van der Waals surface area contributed by atoms with Gasteiger partial charge in [0.25, 0.3) is 0 Å². The van der Waals surface area contributed by atoms with E-state index in [1.807, 2.05) is 0 Å². The predicted molar refractivity (Wildman–Crippen MR) is 59.0 cm³/mol. The summed E-state index contributed by atoms with van der Waals surface area (Å²) in [4.78, 5) is 0. The number of nitrogens with zero attached hydrogens (tertiary/aromatic N) is 1. The van der Waals surface area contributed by atoms with Crippen molar-refractivity contribution in [3.8, 4) is 0 Å². The molecule has 96 valence electrons. The molecule has 1 aliphatic heterocycles. The Bertz CT molecular complexity index is 430. The van der Waals surface area contributed by atoms with Gasteiger partial charge in [0.15, 0.2) is 0 Å². The van der Waals surface area contributed by atoms with Gasteiger partial charge in [-0.05, 0) is 0 Å². The number of nitrogens with two attached hydrogens (primary N) is 1. The number of hydrogen-bond acceptors (Lipinski definition) is 6. The Morgan fingerprint density at radius 3 is 2.44 bits per heavy atom. The lowest BCUT2D eigenvalue weighted by Gasteiger charge is -2.31. The van der Waals surface area contributed by atoms with Crippen molar-refractivity contribution in [2.24, 2.45) is 5.73 Å². The van der Waals surface area contributed by atoms with Crippen molar-refractivity contribution in [2.75, 3.05) is 37.5 Å². The molecule has 0 aromatic carbocycles. The Morgan fingerprint density at radius 1 is 1.31 bits per heavy atom. The molecule has 0 amide bonds. The number of hydrogen-bond donors (Lipinski definition) is 1. The van der Waals surface area contributed by atoms with E-state index < -0.39 is 31.8 Å². The maximum absolute atomic E-state index is 11.8. The van der Waals surface area contributed by atoms with Crippen LogP contribution in [0.15, 0.2) is 0 Å². The third-order valence-electron chi connectivity index (χ3n) is 2.18. The lowest BCUT2D eigenvalue weighted by molar-refractivity contribution is 0.0351. The van der Waals surface area contributed by atoms with Crippen molar-refractivity contribution in [1.82, 2.24) is 4.31 Å². The number of sulfonamides is 1. The standard InChI is InChI=1S/C7H16N2O5S2/c1-15(10,11)4-5-16(12,13)9-2-3-14-6-7(9)8/h7H,2-6,8H2,1H3. The second kappa shape index (κ2) is 4.96. The normalized spacial score (nSPS) is 24.5. The first-order valence-corrected chi connectivity index (χ1v) is 8.40. The van der Waals surface area contributed by atoms with Gasteiger partial charge in [-0.15, -0.1) is 0 Å². The summed E-state index contributed by atoms with van der Waals surface area (Å²) in [6.45, 7) is 0.594. The van der Waals surface area contributed by atoms with E-state index in [0.29, 0.717) is 0 Å². The molecule has 1 aliphatic rings. The van der Waals surface area contributed by atoms with Crippen molar-refractivity contribution in [3.05, 3.63) is 0 Å². The van der Waals surface area contributed by atoms with Gasteiger partial charge in [0.1, 0.15) is 9.84 Å². The molecule has 9 heteroatoms. The molecule has 0 aromatic rings. The molecule has 2 N–H and O–H groups in total. The van der Waals surface area contributed by atoms with E-state index in [-0.39, 0.29) is 25.5 Å². The van der Waals surface area contributed by atoms with Gasteiger partial charge in [-0.3, -0.25) is 0 Å². The highest BCUT2D eigenvalue weighted by Gasteiger charge is 2.30. The summed E-state index contributed by atoms with van der Waals surface area (Å²) in [7, 11) is -6.91. The van der Waals surface area contributed by atoms with Crippen LogP contribution in [0.3, 0.4) is 0 Å². The molecular formula is C7H16N2O5S2. The van der Waals surface area contributed by atoms with Gasteiger partial charge in [0.05, 0.1) is 30.9 Å². The Kier molecular flexibility index (Phi) is 4.29. The van der Waals surface area contributed by atoms with Gasteiger partial charge in [-0.25, -0.2) is 16.8 Å². The number of ether oxygens (including phenoxy) is 1. The molecule has 1 atom stereocenters. The summed E-state index contributed by atoms with van der Waals surface area (Å²) in [5.74, 6) is -0.820. The molecule has 1 rings (SSSR count). The van der Waals surface area contributed by atoms with Gasteiger partial charge >= 0.3 is 0 Å². The molecule has 0 radical (unpaired) electrons. The highest BCUT2D eigenvalue weighted by molar-refractivity contribution is 7.93. The van der Waals surface area contributed by atoms with E-state index in [9.17, 15) is 16.8 Å². The Labute approximate surface area is 95.5 Å². The number of sulfone groups is 1. The fraction of sp³-hybridized carbons (Fsp3) is 1.00. The molecule has 1 fully saturated rings. The minimum Gasteiger partial charge on any atom is -0.377 e. The molecule has 1 heterocycles. The number of morpholine rings is 1. The van der Waals surface area contributed by atoms with Gasteiger partial charge < -0.3 is 10.5 Å². The molecule has 0 spiro atoms. The van der Waals surface area contributed by atoms with Crippen LogP contribution < -0.4 is 5.73 Å². The first-order valence-electron chi connectivity index (χ1n) is 4.73. The van der Waals surface area contributed by atoms with Crippen LogP contribution in [0.25, 0.3) is 0 Å². The first-order chi connectivity index (χ1) is 7.22. The van der Waals surface area contributed by atoms with Crippen LogP contribution in [-0.2, 0) is 24.6 Å². The Balaban J connectivity index is 2.69. The smallest absolute Gasteiger partial charge is 0.216 e. The number of rotatable bonds is 4. The van der Waals surface area contributed by atoms with Gasteiger partial charge in [0, 0.05) is 12.8 Å². The monoisotopic (exact) mass is 272 g/mol. The lowest BCUT2D eigenvalue weighted by Crippen LogP contribution is -2.54. The van der Waals surface area contributed by atoms with Crippen LogP contribution in [0.5, 0.6) is 0 Å². The van der Waals surface area contributed by atoms with Gasteiger partial charge in [-0.2, -0.15) is 4.31 Å². The van der Waals surface area contributed by atoms with Gasteiger partial charge in [-0.1, -0.05) is 0 Å². The topological polar surface area (TPSA) is 107 Å². The molecular weight excluding hydrogens is 256 g/mol. The van der Waals surface area contributed by atoms with Crippen LogP contribution in [0.1, 0.15) is 0 Å². The van der Waals surface area contributed by atoms with E-state index in [1.165, 1.54) is 0 Å². The Hall–Kier alpha value is -0.220. The van der Waals surface area contributed by atoms with Crippen molar-refractivity contribution >= 4 is 19.9 Å². The maximum Gasteiger partial charge on any atom is 0.216 e. The van der Waals surface area contributed by atoms with E-state index in [4.69, 9.17) is 10.5 Å². The molecule has 0 bridgehead atoms. The van der Waals surface area contributed by atoms with Crippen LogP contribution in [0.2, 0.25) is 0 Å². The summed E-state index contributed by atoms with van der Waals surface area (Å²) in [6, 6.07) is 0. The largest absolute Gasteiger partial charge is 0.377 e. The van der Waals surface area contributed by atoms with Gasteiger partial charge in [0.2, 0.25) is 10.0 Å². The van der Waals surface area contributed by atoms with Crippen LogP contribution in [0, 0.1) is 0 Å². The molecule has 7 nitrogen and oxygen atoms in total. The first kappa shape index (κ1) is 13.8. The molecule has 0 aliphatic carbocycles. The van der Waals surface area contributed by atoms with Crippen molar-refractivity contribution in [3.63, 3.8) is 0 Å². The quantitative estimate of drug-likeness (QED) is 0.633. The Morgan fingerprint density at radius 2 is 1.94 bits per heavy atom. The zero-order valence-corrected chi connectivity index (χ0v) is 10.6. The third kappa shape index (κ3) is 3.98. The zero-order valence-electron chi connectivity index (χ0n) is 9.00. The lowest BCUT2D eigenvalue weighted by atomic mass is 10.4. The van der Waals surface area contributed by atoms with Crippen molar-refractivity contribution < 1.29 is 21.6 Å². The van der Waals surface area contributed by atoms with Crippen LogP contribution in [0.4, 0.5) is 0 Å². The molecule has 0 saturated carbocycles. The van der Waals surface area contributed by atoms with Crippen LogP contribution >= 0.6 is 0 Å². The highest BCUT2D eigenvalue weighted by Crippen LogP contribution is 2.09. The summed E-state index contributed by atoms with van der Waals surface area (Å²) >= 11 is 0. The molecule has 1 unspecified atom stereocenters. The van der Waals surface area contributed by atoms with E-state index >= 15 is 0 Å². The predicted octanol–water partition coefficient (Wildman–Crippen LogP) is -2.02. The minimum atomic E-state index is -3.62. The van der Waals surface area contributed by atoms with E-state index in [1.54, 1.807) is 0 Å². The average molecular weight is 272 g/mol. The second-order valence-electron chi connectivity index (χ2n) is 3.70. The molecule has 0 aromatic heterocycles. The summed E-state index contributed by atoms with van der Waals surface area (Å²) < 4.78 is 51.4. The maximum atomic E-state index is 11.8. The highest BCUT2D eigenvalue weighted by atomic mass is 32.2. The molecule has 1 saturated heterocycles. The van der Waals surface area contributed by atoms with Crippen molar-refractivity contribution in [2.45, 2.75) is 6.17 Å². The minimum absolute atomic E-state index is 0.137. The SMILES string of the molecule is CS(=O)(=O)CCS(=O)(=O)N1CCOCC1N. The van der Waals surface area contributed by atoms with E-state index in [2.05, 4.69) is 0 Å². The fourth-order valence-corrected chi connectivity index (χ4v) is 4.44. The third-order valence-corrected chi connectivity index (χ3v) is 5.28. The summed E-state index contributed by atoms with van der Waals surface area (Å²) in [5, 5.41) is 0. The van der Waals surface area contributed by atoms with Crippen LogP contribution in [-0.4, -0.2) is 64.8 Å². The summed E-state index contributed by atoms with van der Waals surface area (Å²) in [6.07, 6.45) is 0.278. The second-order valence-corrected chi connectivity index (χ2v) is 8.00. The molecule has 16 heavy (non-hydrogen) atoms. The van der Waals surface area contributed by atoms with Crippen molar-refractivity contribution in [1.29, 1.82) is 0 Å².